The lowest BCUT2D eigenvalue weighted by atomic mass is 10.1. The van der Waals surface area contributed by atoms with Gasteiger partial charge in [-0.2, -0.15) is 0 Å². The van der Waals surface area contributed by atoms with Crippen LogP contribution in [0.5, 0.6) is 0 Å². The maximum Gasteiger partial charge on any atom is 0.253 e. The third-order valence-electron chi connectivity index (χ3n) is 5.66. The van der Waals surface area contributed by atoms with Crippen LogP contribution in [-0.4, -0.2) is 33.4 Å². The predicted octanol–water partition coefficient (Wildman–Crippen LogP) is 3.57. The second-order valence-corrected chi connectivity index (χ2v) is 7.54. The van der Waals surface area contributed by atoms with Crippen LogP contribution in [0.25, 0.3) is 22.3 Å². The molecule has 2 aliphatic rings. The van der Waals surface area contributed by atoms with Gasteiger partial charge in [-0.3, -0.25) is 4.79 Å². The smallest absolute Gasteiger partial charge is 0.253 e. The SMILES string of the molecule is Cc1nc2cccc(-c3cc4c([nH]3)CCNC4=O)c2nc1NC1CCCC1. The zero-order valence-corrected chi connectivity index (χ0v) is 15.4. The van der Waals surface area contributed by atoms with Gasteiger partial charge in [-0.05, 0) is 31.9 Å². The van der Waals surface area contributed by atoms with Crippen molar-refractivity contribution in [3.05, 3.63) is 41.2 Å². The third kappa shape index (κ3) is 2.85. The van der Waals surface area contributed by atoms with Crippen LogP contribution in [0.1, 0.15) is 47.4 Å². The number of rotatable bonds is 3. The zero-order chi connectivity index (χ0) is 18.4. The molecule has 2 aromatic heterocycles. The van der Waals surface area contributed by atoms with Gasteiger partial charge in [-0.15, -0.1) is 0 Å². The minimum absolute atomic E-state index is 0.00972. The molecule has 1 fully saturated rings. The zero-order valence-electron chi connectivity index (χ0n) is 15.4. The van der Waals surface area contributed by atoms with E-state index in [2.05, 4.69) is 15.6 Å². The van der Waals surface area contributed by atoms with Crippen molar-refractivity contribution in [3.8, 4) is 11.3 Å². The third-order valence-corrected chi connectivity index (χ3v) is 5.66. The molecular formula is C21H23N5O. The number of fused-ring (bicyclic) bond motifs is 2. The molecule has 0 atom stereocenters. The Labute approximate surface area is 157 Å². The summed E-state index contributed by atoms with van der Waals surface area (Å²) in [4.78, 5) is 25.3. The first-order valence-corrected chi connectivity index (χ1v) is 9.73. The van der Waals surface area contributed by atoms with Crippen molar-refractivity contribution in [2.24, 2.45) is 0 Å². The van der Waals surface area contributed by atoms with E-state index in [9.17, 15) is 4.79 Å². The predicted molar refractivity (Wildman–Crippen MR) is 106 cm³/mol. The Morgan fingerprint density at radius 1 is 1.15 bits per heavy atom. The van der Waals surface area contributed by atoms with Crippen molar-refractivity contribution in [2.75, 3.05) is 11.9 Å². The van der Waals surface area contributed by atoms with Gasteiger partial charge in [0.25, 0.3) is 5.91 Å². The molecule has 1 saturated carbocycles. The fourth-order valence-electron chi connectivity index (χ4n) is 4.22. The summed E-state index contributed by atoms with van der Waals surface area (Å²) in [5.41, 5.74) is 6.30. The lowest BCUT2D eigenvalue weighted by Gasteiger charge is -2.15. The average molecular weight is 361 g/mol. The van der Waals surface area contributed by atoms with Crippen LogP contribution < -0.4 is 10.6 Å². The summed E-state index contributed by atoms with van der Waals surface area (Å²) in [7, 11) is 0. The highest BCUT2D eigenvalue weighted by molar-refractivity contribution is 5.99. The summed E-state index contributed by atoms with van der Waals surface area (Å²) in [6, 6.07) is 8.46. The van der Waals surface area contributed by atoms with Crippen molar-refractivity contribution in [1.82, 2.24) is 20.3 Å². The van der Waals surface area contributed by atoms with E-state index in [1.54, 1.807) is 0 Å². The molecule has 5 rings (SSSR count). The number of para-hydroxylation sites is 1. The summed E-state index contributed by atoms with van der Waals surface area (Å²) in [6.07, 6.45) is 5.77. The average Bonchev–Trinajstić information content (AvgIpc) is 3.32. The second kappa shape index (κ2) is 6.37. The maximum absolute atomic E-state index is 12.1. The van der Waals surface area contributed by atoms with Gasteiger partial charge in [0.2, 0.25) is 0 Å². The van der Waals surface area contributed by atoms with Crippen LogP contribution >= 0.6 is 0 Å². The number of aryl methyl sites for hydroxylation is 1. The summed E-state index contributed by atoms with van der Waals surface area (Å²) in [5, 5.41) is 6.49. The number of carbonyl (C=O) groups is 1. The number of nitrogens with one attached hydrogen (secondary N) is 3. The molecule has 0 spiro atoms. The van der Waals surface area contributed by atoms with Gasteiger partial charge in [0.05, 0.1) is 16.8 Å². The number of aromatic amines is 1. The molecule has 6 nitrogen and oxygen atoms in total. The Morgan fingerprint density at radius 3 is 2.81 bits per heavy atom. The molecule has 0 unspecified atom stereocenters. The van der Waals surface area contributed by atoms with E-state index >= 15 is 0 Å². The number of anilines is 1. The van der Waals surface area contributed by atoms with E-state index in [0.29, 0.717) is 12.6 Å². The highest BCUT2D eigenvalue weighted by Crippen LogP contribution is 2.31. The van der Waals surface area contributed by atoms with Crippen molar-refractivity contribution < 1.29 is 4.79 Å². The van der Waals surface area contributed by atoms with Gasteiger partial charge in [0.15, 0.2) is 0 Å². The molecule has 3 heterocycles. The molecule has 6 heteroatoms. The molecule has 1 aliphatic carbocycles. The molecular weight excluding hydrogens is 338 g/mol. The second-order valence-electron chi connectivity index (χ2n) is 7.54. The largest absolute Gasteiger partial charge is 0.366 e. The number of aromatic nitrogens is 3. The molecule has 0 saturated heterocycles. The maximum atomic E-state index is 12.1. The van der Waals surface area contributed by atoms with Crippen LogP contribution in [0.2, 0.25) is 0 Å². The van der Waals surface area contributed by atoms with Crippen LogP contribution in [0, 0.1) is 6.92 Å². The van der Waals surface area contributed by atoms with Gasteiger partial charge < -0.3 is 15.6 Å². The van der Waals surface area contributed by atoms with Crippen molar-refractivity contribution >= 4 is 22.8 Å². The number of hydrogen-bond donors (Lipinski definition) is 3. The highest BCUT2D eigenvalue weighted by Gasteiger charge is 2.22. The topological polar surface area (TPSA) is 82.7 Å². The molecule has 1 aromatic carbocycles. The molecule has 1 aliphatic heterocycles. The minimum Gasteiger partial charge on any atom is -0.366 e. The quantitative estimate of drug-likeness (QED) is 0.666. The Morgan fingerprint density at radius 2 is 2.00 bits per heavy atom. The summed E-state index contributed by atoms with van der Waals surface area (Å²) in [5.74, 6) is 0.861. The lowest BCUT2D eigenvalue weighted by Crippen LogP contribution is -2.31. The number of H-pyrrole nitrogens is 1. The molecule has 27 heavy (non-hydrogen) atoms. The lowest BCUT2D eigenvalue weighted by molar-refractivity contribution is 0.0946. The van der Waals surface area contributed by atoms with Gasteiger partial charge in [-0.1, -0.05) is 25.0 Å². The normalized spacial score (nSPS) is 17.1. The Balaban J connectivity index is 1.61. The van der Waals surface area contributed by atoms with Gasteiger partial charge in [-0.25, -0.2) is 9.97 Å². The Bertz CT molecular complexity index is 1030. The molecule has 3 N–H and O–H groups in total. The Hall–Kier alpha value is -2.89. The van der Waals surface area contributed by atoms with Gasteiger partial charge >= 0.3 is 0 Å². The van der Waals surface area contributed by atoms with E-state index in [0.717, 1.165) is 51.5 Å². The minimum atomic E-state index is -0.00972. The summed E-state index contributed by atoms with van der Waals surface area (Å²) in [6.45, 7) is 2.68. The number of carbonyl (C=O) groups excluding carboxylic acids is 1. The van der Waals surface area contributed by atoms with Crippen LogP contribution in [0.3, 0.4) is 0 Å². The number of nitrogens with zero attached hydrogens (tertiary/aromatic N) is 2. The highest BCUT2D eigenvalue weighted by atomic mass is 16.1. The van der Waals surface area contributed by atoms with Gasteiger partial charge in [0, 0.05) is 36.0 Å². The number of amides is 1. The van der Waals surface area contributed by atoms with Crippen LogP contribution in [0.4, 0.5) is 5.82 Å². The van der Waals surface area contributed by atoms with E-state index in [4.69, 9.17) is 9.97 Å². The van der Waals surface area contributed by atoms with Crippen molar-refractivity contribution in [2.45, 2.75) is 45.1 Å². The fraction of sp³-hybridized carbons (Fsp3) is 0.381. The molecule has 3 aromatic rings. The molecule has 0 bridgehead atoms. The Kier molecular flexibility index (Phi) is 3.85. The first-order chi connectivity index (χ1) is 13.2. The van der Waals surface area contributed by atoms with Crippen LogP contribution in [-0.2, 0) is 6.42 Å². The number of benzene rings is 1. The van der Waals surface area contributed by atoms with Gasteiger partial charge in [0.1, 0.15) is 11.3 Å². The van der Waals surface area contributed by atoms with E-state index in [1.807, 2.05) is 31.2 Å². The molecule has 0 radical (unpaired) electrons. The van der Waals surface area contributed by atoms with Crippen molar-refractivity contribution in [1.29, 1.82) is 0 Å². The molecule has 1 amide bonds. The number of hydrogen-bond acceptors (Lipinski definition) is 4. The molecule has 138 valence electrons. The first kappa shape index (κ1) is 16.3. The fourth-order valence-corrected chi connectivity index (χ4v) is 4.22. The first-order valence-electron chi connectivity index (χ1n) is 9.73. The monoisotopic (exact) mass is 361 g/mol. The van der Waals surface area contributed by atoms with Crippen LogP contribution in [0.15, 0.2) is 24.3 Å². The standard InChI is InChI=1S/C21H23N5O/c1-12-20(24-13-5-2-3-6-13)26-19-14(7-4-8-17(19)23-12)18-11-15-16(25-18)9-10-22-21(15)27/h4,7-8,11,13,25H,2-3,5-6,9-10H2,1H3,(H,22,27)(H,24,26). The van der Waals surface area contributed by atoms with E-state index < -0.39 is 0 Å². The van der Waals surface area contributed by atoms with E-state index in [-0.39, 0.29) is 5.91 Å². The summed E-state index contributed by atoms with van der Waals surface area (Å²) >= 11 is 0. The van der Waals surface area contributed by atoms with Crippen molar-refractivity contribution in [3.63, 3.8) is 0 Å². The van der Waals surface area contributed by atoms with E-state index in [1.165, 1.54) is 25.7 Å². The summed E-state index contributed by atoms with van der Waals surface area (Å²) < 4.78 is 0.